The number of carbonyl (C=O) groups is 1. The van der Waals surface area contributed by atoms with E-state index in [2.05, 4.69) is 20.8 Å². The van der Waals surface area contributed by atoms with E-state index >= 15 is 0 Å². The number of hydrogen-bond acceptors (Lipinski definition) is 5. The zero-order valence-electron chi connectivity index (χ0n) is 12.9. The van der Waals surface area contributed by atoms with E-state index in [0.717, 1.165) is 31.5 Å². The number of amides is 1. The van der Waals surface area contributed by atoms with E-state index < -0.39 is 0 Å². The van der Waals surface area contributed by atoms with Gasteiger partial charge in [-0.3, -0.25) is 9.36 Å². The lowest BCUT2D eigenvalue weighted by molar-refractivity contribution is -0.118. The second-order valence-electron chi connectivity index (χ2n) is 5.25. The van der Waals surface area contributed by atoms with Crippen molar-refractivity contribution < 1.29 is 9.53 Å². The summed E-state index contributed by atoms with van der Waals surface area (Å²) in [6, 6.07) is 5.41. The van der Waals surface area contributed by atoms with Crippen LogP contribution in [-0.4, -0.2) is 40.4 Å². The van der Waals surface area contributed by atoms with Gasteiger partial charge in [-0.1, -0.05) is 6.42 Å². The summed E-state index contributed by atoms with van der Waals surface area (Å²) >= 11 is 0. The van der Waals surface area contributed by atoms with Gasteiger partial charge in [-0.15, -0.1) is 22.6 Å². The molecule has 1 fully saturated rings. The molecule has 0 unspecified atom stereocenters. The number of nitrogens with zero attached hydrogens (tertiary/aromatic N) is 3. The van der Waals surface area contributed by atoms with Crippen LogP contribution in [0.3, 0.4) is 0 Å². The van der Waals surface area contributed by atoms with E-state index in [0.29, 0.717) is 11.4 Å². The van der Waals surface area contributed by atoms with Crippen molar-refractivity contribution in [1.29, 1.82) is 0 Å². The van der Waals surface area contributed by atoms with Gasteiger partial charge in [0.25, 0.3) is 0 Å². The lowest BCUT2D eigenvalue weighted by Crippen LogP contribution is -2.43. The predicted octanol–water partition coefficient (Wildman–Crippen LogP) is 1.78. The lowest BCUT2D eigenvalue weighted by Gasteiger charge is -2.23. The van der Waals surface area contributed by atoms with Gasteiger partial charge in [0, 0.05) is 0 Å². The van der Waals surface area contributed by atoms with Crippen LogP contribution in [0.25, 0.3) is 5.69 Å². The fraction of sp³-hybridized carbons (Fsp3) is 0.400. The minimum atomic E-state index is -0.142. The number of hydrogen-bond donors (Lipinski definition) is 2. The predicted molar refractivity (Wildman–Crippen MR) is 89.4 cm³/mol. The number of anilines is 1. The second-order valence-corrected chi connectivity index (χ2v) is 5.25. The smallest absolute Gasteiger partial charge is 0.241 e. The third kappa shape index (κ3) is 4.00. The molecule has 3 rings (SSSR count). The summed E-state index contributed by atoms with van der Waals surface area (Å²) in [6.07, 6.45) is 6.27. The molecular weight excluding hydrogens is 318 g/mol. The van der Waals surface area contributed by atoms with Crippen molar-refractivity contribution in [3.63, 3.8) is 0 Å². The van der Waals surface area contributed by atoms with Gasteiger partial charge >= 0.3 is 0 Å². The molecule has 23 heavy (non-hydrogen) atoms. The average Bonchev–Trinajstić information content (AvgIpc) is 3.10. The van der Waals surface area contributed by atoms with Gasteiger partial charge < -0.3 is 15.4 Å². The Morgan fingerprint density at radius 1 is 1.35 bits per heavy atom. The van der Waals surface area contributed by atoms with E-state index in [-0.39, 0.29) is 24.4 Å². The van der Waals surface area contributed by atoms with Gasteiger partial charge in [0.05, 0.1) is 24.5 Å². The van der Waals surface area contributed by atoms with Crippen LogP contribution in [0.2, 0.25) is 0 Å². The van der Waals surface area contributed by atoms with Crippen LogP contribution < -0.4 is 15.4 Å². The Kier molecular flexibility index (Phi) is 5.95. The van der Waals surface area contributed by atoms with E-state index in [9.17, 15) is 4.79 Å². The summed E-state index contributed by atoms with van der Waals surface area (Å²) in [4.78, 5) is 12.4. The highest BCUT2D eigenvalue weighted by Gasteiger charge is 2.21. The molecule has 1 aliphatic heterocycles. The van der Waals surface area contributed by atoms with E-state index in [1.54, 1.807) is 24.3 Å². The molecule has 0 radical (unpaired) electrons. The molecule has 0 spiro atoms. The van der Waals surface area contributed by atoms with Crippen molar-refractivity contribution in [3.8, 4) is 11.4 Å². The summed E-state index contributed by atoms with van der Waals surface area (Å²) in [7, 11) is 1.59. The largest absolute Gasteiger partial charge is 0.495 e. The third-order valence-electron chi connectivity index (χ3n) is 3.78. The average molecular weight is 338 g/mol. The second kappa shape index (κ2) is 7.94. The number of aromatic nitrogens is 3. The summed E-state index contributed by atoms with van der Waals surface area (Å²) in [5, 5.41) is 13.8. The monoisotopic (exact) mass is 337 g/mol. The van der Waals surface area contributed by atoms with E-state index in [1.807, 2.05) is 18.2 Å². The highest BCUT2D eigenvalue weighted by Crippen LogP contribution is 2.27. The van der Waals surface area contributed by atoms with Crippen LogP contribution in [0.15, 0.2) is 30.9 Å². The van der Waals surface area contributed by atoms with Gasteiger partial charge in [0.2, 0.25) is 5.91 Å². The van der Waals surface area contributed by atoms with Crippen molar-refractivity contribution in [1.82, 2.24) is 20.1 Å². The van der Waals surface area contributed by atoms with Crippen molar-refractivity contribution in [3.05, 3.63) is 30.9 Å². The van der Waals surface area contributed by atoms with Crippen LogP contribution in [0.1, 0.15) is 19.3 Å². The first-order valence-corrected chi connectivity index (χ1v) is 7.35. The molecule has 2 heterocycles. The number of rotatable bonds is 4. The number of halogens is 1. The van der Waals surface area contributed by atoms with Gasteiger partial charge in [0.15, 0.2) is 0 Å². The molecule has 2 N–H and O–H groups in total. The first-order valence-electron chi connectivity index (χ1n) is 7.35. The third-order valence-corrected chi connectivity index (χ3v) is 3.78. The molecule has 1 atom stereocenters. The first kappa shape index (κ1) is 17.2. The maximum absolute atomic E-state index is 12.4. The number of piperidine rings is 1. The van der Waals surface area contributed by atoms with Crippen molar-refractivity contribution >= 4 is 24.0 Å². The van der Waals surface area contributed by atoms with Gasteiger partial charge in [0.1, 0.15) is 18.4 Å². The van der Waals surface area contributed by atoms with E-state index in [1.165, 1.54) is 0 Å². The topological polar surface area (TPSA) is 81.1 Å². The van der Waals surface area contributed by atoms with Crippen LogP contribution >= 0.6 is 12.4 Å². The Hall–Kier alpha value is -2.12. The van der Waals surface area contributed by atoms with Gasteiger partial charge in [-0.2, -0.15) is 0 Å². The molecule has 0 aliphatic carbocycles. The standard InChI is InChI=1S/C15H19N5O2.ClH/c1-22-14-6-5-11(20-9-17-18-10-20)8-13(14)19-15(21)12-4-2-3-7-16-12;/h5-6,8-10,12,16H,2-4,7H2,1H3,(H,19,21);1H/t12-;/m1./s1. The fourth-order valence-electron chi connectivity index (χ4n) is 2.58. The summed E-state index contributed by atoms with van der Waals surface area (Å²) in [5.41, 5.74) is 1.50. The van der Waals surface area contributed by atoms with Crippen LogP contribution in [-0.2, 0) is 4.79 Å². The van der Waals surface area contributed by atoms with Crippen LogP contribution in [0.5, 0.6) is 5.75 Å². The molecule has 124 valence electrons. The Bertz CT molecular complexity index is 641. The minimum absolute atomic E-state index is 0. The first-order chi connectivity index (χ1) is 10.8. The molecule has 1 aliphatic rings. The number of benzene rings is 1. The molecule has 1 aromatic heterocycles. The molecule has 1 aromatic carbocycles. The minimum Gasteiger partial charge on any atom is -0.495 e. The van der Waals surface area contributed by atoms with Gasteiger partial charge in [-0.25, -0.2) is 0 Å². The fourth-order valence-corrected chi connectivity index (χ4v) is 2.58. The van der Waals surface area contributed by atoms with Crippen LogP contribution in [0, 0.1) is 0 Å². The quantitative estimate of drug-likeness (QED) is 0.888. The molecule has 2 aromatic rings. The zero-order valence-corrected chi connectivity index (χ0v) is 13.7. The summed E-state index contributed by atoms with van der Waals surface area (Å²) in [6.45, 7) is 0.885. The Labute approximate surface area is 140 Å². The summed E-state index contributed by atoms with van der Waals surface area (Å²) in [5.74, 6) is 0.597. The van der Waals surface area contributed by atoms with Crippen molar-refractivity contribution in [2.24, 2.45) is 0 Å². The van der Waals surface area contributed by atoms with E-state index in [4.69, 9.17) is 4.74 Å². The van der Waals surface area contributed by atoms with Gasteiger partial charge in [-0.05, 0) is 37.6 Å². The number of carbonyl (C=O) groups excluding carboxylic acids is 1. The Balaban J connectivity index is 0.00000192. The molecule has 8 heteroatoms. The number of ether oxygens (including phenoxy) is 1. The normalized spacial score (nSPS) is 17.2. The molecule has 1 amide bonds. The lowest BCUT2D eigenvalue weighted by atomic mass is 10.0. The highest BCUT2D eigenvalue weighted by molar-refractivity contribution is 5.96. The highest BCUT2D eigenvalue weighted by atomic mass is 35.5. The van der Waals surface area contributed by atoms with Crippen molar-refractivity contribution in [2.45, 2.75) is 25.3 Å². The van der Waals surface area contributed by atoms with Crippen molar-refractivity contribution in [2.75, 3.05) is 19.0 Å². The Morgan fingerprint density at radius 3 is 2.78 bits per heavy atom. The maximum Gasteiger partial charge on any atom is 0.241 e. The molecular formula is C15H20ClN5O2. The maximum atomic E-state index is 12.4. The SMILES string of the molecule is COc1ccc(-n2cnnc2)cc1NC(=O)[C@H]1CCCCN1.Cl. The molecule has 0 saturated carbocycles. The Morgan fingerprint density at radius 2 is 2.13 bits per heavy atom. The number of nitrogens with one attached hydrogen (secondary N) is 2. The molecule has 7 nitrogen and oxygen atoms in total. The number of methoxy groups -OCH3 is 1. The molecule has 0 bridgehead atoms. The zero-order chi connectivity index (χ0) is 15.4. The summed E-state index contributed by atoms with van der Waals surface area (Å²) < 4.78 is 7.10. The molecule has 1 saturated heterocycles. The van der Waals surface area contributed by atoms with Crippen LogP contribution in [0.4, 0.5) is 5.69 Å².